The molecular formula is C9H15F2N3. The molecule has 5 heteroatoms. The van der Waals surface area contributed by atoms with Crippen LogP contribution in [0.3, 0.4) is 0 Å². The molecule has 1 rings (SSSR count). The van der Waals surface area contributed by atoms with Crippen LogP contribution in [0.5, 0.6) is 0 Å². The van der Waals surface area contributed by atoms with Gasteiger partial charge in [0.2, 0.25) is 0 Å². The molecule has 1 fully saturated rings. The molecule has 1 aliphatic carbocycles. The summed E-state index contributed by atoms with van der Waals surface area (Å²) < 4.78 is 24.0. The first-order valence-electron chi connectivity index (χ1n) is 4.65. The van der Waals surface area contributed by atoms with Crippen LogP contribution in [0.4, 0.5) is 8.78 Å². The maximum absolute atomic E-state index is 12.0. The molecule has 0 aromatic heterocycles. The third-order valence-corrected chi connectivity index (χ3v) is 2.50. The molecular weight excluding hydrogens is 188 g/mol. The highest BCUT2D eigenvalue weighted by atomic mass is 19.3. The van der Waals surface area contributed by atoms with Gasteiger partial charge in [-0.25, -0.2) is 8.78 Å². The van der Waals surface area contributed by atoms with Crippen LogP contribution in [0.25, 0.3) is 0 Å². The Morgan fingerprint density at radius 1 is 1.64 bits per heavy atom. The van der Waals surface area contributed by atoms with Crippen LogP contribution in [0, 0.1) is 17.2 Å². The lowest BCUT2D eigenvalue weighted by atomic mass is 9.96. The second-order valence-corrected chi connectivity index (χ2v) is 4.01. The normalized spacial score (nSPS) is 20.9. The predicted molar refractivity (Wildman–Crippen MR) is 48.8 cm³/mol. The van der Waals surface area contributed by atoms with Gasteiger partial charge in [0.15, 0.2) is 0 Å². The molecule has 1 atom stereocenters. The Morgan fingerprint density at radius 3 is 2.57 bits per heavy atom. The fraction of sp³-hybridized carbons (Fsp3) is 0.889. The van der Waals surface area contributed by atoms with Gasteiger partial charge in [-0.1, -0.05) is 0 Å². The van der Waals surface area contributed by atoms with Gasteiger partial charge in [-0.2, -0.15) is 5.26 Å². The summed E-state index contributed by atoms with van der Waals surface area (Å²) in [6.45, 7) is -0.105. The standard InChI is InChI=1S/C9H15F2N3/c1-14(4-8(10)11)6-9(13,5-12)7-2-3-7/h7-8H,2-4,6,13H2,1H3. The molecule has 1 unspecified atom stereocenters. The van der Waals surface area contributed by atoms with Crippen LogP contribution in [-0.2, 0) is 0 Å². The molecule has 0 radical (unpaired) electrons. The van der Waals surface area contributed by atoms with Crippen LogP contribution in [0.15, 0.2) is 0 Å². The molecule has 0 heterocycles. The van der Waals surface area contributed by atoms with Crippen LogP contribution in [-0.4, -0.2) is 37.0 Å². The summed E-state index contributed by atoms with van der Waals surface area (Å²) in [4.78, 5) is 1.42. The molecule has 0 aliphatic heterocycles. The van der Waals surface area contributed by atoms with E-state index in [2.05, 4.69) is 0 Å². The Labute approximate surface area is 82.5 Å². The first kappa shape index (κ1) is 11.3. The SMILES string of the molecule is CN(CC(F)F)CC(N)(C#N)C1CC1. The Bertz CT molecular complexity index is 235. The molecule has 14 heavy (non-hydrogen) atoms. The molecule has 0 bridgehead atoms. The van der Waals surface area contributed by atoms with Gasteiger partial charge in [0.25, 0.3) is 6.43 Å². The zero-order chi connectivity index (χ0) is 10.8. The number of nitrogens with zero attached hydrogens (tertiary/aromatic N) is 2. The number of rotatable bonds is 5. The zero-order valence-corrected chi connectivity index (χ0v) is 8.21. The third kappa shape index (κ3) is 2.89. The van der Waals surface area contributed by atoms with Crippen LogP contribution in [0.1, 0.15) is 12.8 Å². The second kappa shape index (κ2) is 4.20. The fourth-order valence-corrected chi connectivity index (χ4v) is 1.60. The van der Waals surface area contributed by atoms with E-state index in [9.17, 15) is 8.78 Å². The van der Waals surface area contributed by atoms with E-state index in [4.69, 9.17) is 11.0 Å². The maximum Gasteiger partial charge on any atom is 0.251 e. The quantitative estimate of drug-likeness (QED) is 0.719. The van der Waals surface area contributed by atoms with Gasteiger partial charge in [-0.05, 0) is 25.8 Å². The van der Waals surface area contributed by atoms with Crippen molar-refractivity contribution in [2.75, 3.05) is 20.1 Å². The molecule has 1 saturated carbocycles. The summed E-state index contributed by atoms with van der Waals surface area (Å²) in [5.74, 6) is 0.188. The number of halogens is 2. The number of likely N-dealkylation sites (N-methyl/N-ethyl adjacent to an activating group) is 1. The van der Waals surface area contributed by atoms with Crippen LogP contribution < -0.4 is 5.73 Å². The van der Waals surface area contributed by atoms with E-state index in [0.29, 0.717) is 0 Å². The van der Waals surface area contributed by atoms with E-state index in [1.54, 1.807) is 7.05 Å². The molecule has 0 aromatic carbocycles. The first-order chi connectivity index (χ1) is 6.48. The highest BCUT2D eigenvalue weighted by Crippen LogP contribution is 2.38. The Balaban J connectivity index is 2.44. The Hall–Kier alpha value is -0.730. The molecule has 0 saturated heterocycles. The van der Waals surface area contributed by atoms with Gasteiger partial charge >= 0.3 is 0 Å². The van der Waals surface area contributed by atoms with E-state index < -0.39 is 12.0 Å². The summed E-state index contributed by atoms with van der Waals surface area (Å²) in [5, 5.41) is 8.89. The van der Waals surface area contributed by atoms with E-state index in [-0.39, 0.29) is 19.0 Å². The lowest BCUT2D eigenvalue weighted by molar-refractivity contribution is 0.0923. The Morgan fingerprint density at radius 2 is 2.21 bits per heavy atom. The summed E-state index contributed by atoms with van der Waals surface area (Å²) >= 11 is 0. The highest BCUT2D eigenvalue weighted by molar-refractivity contribution is 5.14. The van der Waals surface area contributed by atoms with Crippen LogP contribution >= 0.6 is 0 Å². The van der Waals surface area contributed by atoms with Gasteiger partial charge in [-0.3, -0.25) is 4.90 Å². The van der Waals surface area contributed by atoms with Crippen LogP contribution in [0.2, 0.25) is 0 Å². The number of nitrogens with two attached hydrogens (primary N) is 1. The maximum atomic E-state index is 12.0. The predicted octanol–water partition coefficient (Wildman–Crippen LogP) is 0.814. The molecule has 3 nitrogen and oxygen atoms in total. The second-order valence-electron chi connectivity index (χ2n) is 4.01. The van der Waals surface area contributed by atoms with Gasteiger partial charge in [0, 0.05) is 6.54 Å². The van der Waals surface area contributed by atoms with Gasteiger partial charge in [0.05, 0.1) is 12.6 Å². The van der Waals surface area contributed by atoms with Crippen molar-refractivity contribution < 1.29 is 8.78 Å². The highest BCUT2D eigenvalue weighted by Gasteiger charge is 2.43. The van der Waals surface area contributed by atoms with E-state index >= 15 is 0 Å². The van der Waals surface area contributed by atoms with Gasteiger partial charge in [0.1, 0.15) is 5.54 Å². The van der Waals surface area contributed by atoms with Crippen molar-refractivity contribution in [3.63, 3.8) is 0 Å². The lowest BCUT2D eigenvalue weighted by Crippen LogP contribution is -2.50. The molecule has 0 spiro atoms. The van der Waals surface area contributed by atoms with Crippen molar-refractivity contribution >= 4 is 0 Å². The molecule has 1 aliphatic rings. The van der Waals surface area contributed by atoms with Crippen molar-refractivity contribution in [3.05, 3.63) is 0 Å². The average Bonchev–Trinajstić information content (AvgIpc) is 2.84. The van der Waals surface area contributed by atoms with E-state index in [0.717, 1.165) is 12.8 Å². The summed E-state index contributed by atoms with van der Waals surface area (Å²) in [6.07, 6.45) is -0.499. The zero-order valence-electron chi connectivity index (χ0n) is 8.21. The smallest absolute Gasteiger partial charge is 0.251 e. The van der Waals surface area contributed by atoms with Crippen molar-refractivity contribution in [1.29, 1.82) is 5.26 Å². The number of alkyl halides is 2. The Kier molecular flexibility index (Phi) is 3.40. The minimum Gasteiger partial charge on any atom is -0.312 e. The summed E-state index contributed by atoms with van der Waals surface area (Å²) in [7, 11) is 1.56. The number of nitriles is 1. The van der Waals surface area contributed by atoms with Gasteiger partial charge in [-0.15, -0.1) is 0 Å². The largest absolute Gasteiger partial charge is 0.312 e. The fourth-order valence-electron chi connectivity index (χ4n) is 1.60. The first-order valence-corrected chi connectivity index (χ1v) is 4.65. The molecule has 0 aromatic rings. The number of hydrogen-bond donors (Lipinski definition) is 1. The van der Waals surface area contributed by atoms with Gasteiger partial charge < -0.3 is 5.73 Å². The third-order valence-electron chi connectivity index (χ3n) is 2.50. The van der Waals surface area contributed by atoms with Crippen molar-refractivity contribution in [3.8, 4) is 6.07 Å². The minimum atomic E-state index is -2.37. The van der Waals surface area contributed by atoms with E-state index in [1.165, 1.54) is 4.90 Å². The van der Waals surface area contributed by atoms with Crippen molar-refractivity contribution in [1.82, 2.24) is 4.90 Å². The average molecular weight is 203 g/mol. The lowest BCUT2D eigenvalue weighted by Gasteiger charge is -2.27. The minimum absolute atomic E-state index is 0.188. The van der Waals surface area contributed by atoms with Crippen molar-refractivity contribution in [2.45, 2.75) is 24.8 Å². The molecule has 80 valence electrons. The monoisotopic (exact) mass is 203 g/mol. The topological polar surface area (TPSA) is 53.0 Å². The molecule has 0 amide bonds. The van der Waals surface area contributed by atoms with E-state index in [1.807, 2.05) is 6.07 Å². The summed E-state index contributed by atoms with van der Waals surface area (Å²) in [5.41, 5.74) is 4.89. The summed E-state index contributed by atoms with van der Waals surface area (Å²) in [6, 6.07) is 2.04. The van der Waals surface area contributed by atoms with Crippen molar-refractivity contribution in [2.24, 2.45) is 11.7 Å². The molecule has 2 N–H and O–H groups in total. The number of hydrogen-bond acceptors (Lipinski definition) is 3.